The first-order valence-electron chi connectivity index (χ1n) is 7.71. The lowest BCUT2D eigenvalue weighted by Crippen LogP contribution is -2.45. The number of nitrogens with zero attached hydrogens (tertiary/aromatic N) is 3. The summed E-state index contributed by atoms with van der Waals surface area (Å²) in [5.41, 5.74) is 1.34. The first kappa shape index (κ1) is 16.5. The number of hydrogen-bond donors (Lipinski definition) is 1. The van der Waals surface area contributed by atoms with E-state index in [9.17, 15) is 14.7 Å². The van der Waals surface area contributed by atoms with E-state index in [1.165, 1.54) is 0 Å². The van der Waals surface area contributed by atoms with Crippen LogP contribution in [0.3, 0.4) is 0 Å². The quantitative estimate of drug-likeness (QED) is 0.925. The Labute approximate surface area is 144 Å². The van der Waals surface area contributed by atoms with E-state index in [-0.39, 0.29) is 18.4 Å². The third-order valence-corrected chi connectivity index (χ3v) is 4.72. The number of carboxylic acids is 1. The van der Waals surface area contributed by atoms with Crippen molar-refractivity contribution >= 4 is 23.5 Å². The summed E-state index contributed by atoms with van der Waals surface area (Å²) in [6.07, 6.45) is 4.09. The van der Waals surface area contributed by atoms with E-state index in [1.807, 2.05) is 13.2 Å². The number of halogens is 1. The van der Waals surface area contributed by atoms with Crippen LogP contribution in [-0.4, -0.2) is 44.8 Å². The van der Waals surface area contributed by atoms with E-state index in [2.05, 4.69) is 5.10 Å². The Hall–Kier alpha value is -2.34. The van der Waals surface area contributed by atoms with Gasteiger partial charge in [0, 0.05) is 32.3 Å². The van der Waals surface area contributed by atoms with Crippen molar-refractivity contribution in [3.8, 4) is 0 Å². The number of likely N-dealkylation sites (tertiary alicyclic amines) is 1. The minimum Gasteiger partial charge on any atom is -0.481 e. The second-order valence-electron chi connectivity index (χ2n) is 6.11. The SMILES string of the molecule is Cn1cc(C2CC(C(=O)O)CN(C(=O)c3ccccc3Cl)C2)cn1. The van der Waals surface area contributed by atoms with Gasteiger partial charge in [0.15, 0.2) is 0 Å². The zero-order valence-electron chi connectivity index (χ0n) is 13.2. The molecular weight excluding hydrogens is 330 g/mol. The number of carbonyl (C=O) groups excluding carboxylic acids is 1. The number of benzene rings is 1. The minimum atomic E-state index is -0.888. The Balaban J connectivity index is 1.88. The number of aromatic nitrogens is 2. The van der Waals surface area contributed by atoms with E-state index in [1.54, 1.807) is 40.0 Å². The lowest BCUT2D eigenvalue weighted by molar-refractivity contribution is -0.143. The number of aryl methyl sites for hydroxylation is 1. The minimum absolute atomic E-state index is 0.0556. The number of rotatable bonds is 3. The van der Waals surface area contributed by atoms with Crippen LogP contribution in [0.2, 0.25) is 5.02 Å². The molecule has 2 atom stereocenters. The van der Waals surface area contributed by atoms with Gasteiger partial charge in [0.25, 0.3) is 5.91 Å². The Morgan fingerprint density at radius 3 is 2.67 bits per heavy atom. The predicted octanol–water partition coefficient (Wildman–Crippen LogP) is 2.40. The van der Waals surface area contributed by atoms with Crippen LogP contribution in [0.1, 0.15) is 28.3 Å². The van der Waals surface area contributed by atoms with Crippen LogP contribution in [0.15, 0.2) is 36.7 Å². The van der Waals surface area contributed by atoms with E-state index < -0.39 is 11.9 Å². The highest BCUT2D eigenvalue weighted by Gasteiger charge is 2.35. The molecule has 7 heteroatoms. The van der Waals surface area contributed by atoms with Gasteiger partial charge in [0.1, 0.15) is 0 Å². The summed E-state index contributed by atoms with van der Waals surface area (Å²) in [4.78, 5) is 25.9. The van der Waals surface area contributed by atoms with Gasteiger partial charge < -0.3 is 10.0 Å². The van der Waals surface area contributed by atoms with Crippen LogP contribution in [-0.2, 0) is 11.8 Å². The Kier molecular flexibility index (Phi) is 4.57. The summed E-state index contributed by atoms with van der Waals surface area (Å²) in [5, 5.41) is 14.0. The normalized spacial score (nSPS) is 20.8. The van der Waals surface area contributed by atoms with Crippen molar-refractivity contribution in [2.45, 2.75) is 12.3 Å². The third-order valence-electron chi connectivity index (χ3n) is 4.39. The summed E-state index contributed by atoms with van der Waals surface area (Å²) in [6.45, 7) is 0.648. The molecule has 3 rings (SSSR count). The fraction of sp³-hybridized carbons (Fsp3) is 0.353. The average Bonchev–Trinajstić information content (AvgIpc) is 3.01. The molecule has 2 heterocycles. The first-order valence-corrected chi connectivity index (χ1v) is 8.08. The van der Waals surface area contributed by atoms with Crippen LogP contribution < -0.4 is 0 Å². The molecule has 6 nitrogen and oxygen atoms in total. The highest BCUT2D eigenvalue weighted by Crippen LogP contribution is 2.31. The molecule has 1 saturated heterocycles. The second-order valence-corrected chi connectivity index (χ2v) is 6.51. The van der Waals surface area contributed by atoms with Crippen LogP contribution >= 0.6 is 11.6 Å². The zero-order chi connectivity index (χ0) is 17.3. The Bertz CT molecular complexity index is 774. The molecule has 2 unspecified atom stereocenters. The first-order chi connectivity index (χ1) is 11.5. The van der Waals surface area contributed by atoms with E-state index >= 15 is 0 Å². The molecule has 0 aliphatic carbocycles. The summed E-state index contributed by atoms with van der Waals surface area (Å²) in [7, 11) is 1.81. The number of piperidine rings is 1. The van der Waals surface area contributed by atoms with Gasteiger partial charge in [-0.1, -0.05) is 23.7 Å². The molecule has 24 heavy (non-hydrogen) atoms. The molecular formula is C17H18ClN3O3. The van der Waals surface area contributed by atoms with Crippen molar-refractivity contribution in [3.05, 3.63) is 52.8 Å². The Morgan fingerprint density at radius 1 is 1.29 bits per heavy atom. The largest absolute Gasteiger partial charge is 0.481 e. The number of carboxylic acid groups (broad SMARTS) is 1. The molecule has 1 aromatic carbocycles. The smallest absolute Gasteiger partial charge is 0.308 e. The molecule has 0 radical (unpaired) electrons. The van der Waals surface area contributed by atoms with Crippen LogP contribution in [0.25, 0.3) is 0 Å². The molecule has 1 fully saturated rings. The van der Waals surface area contributed by atoms with Gasteiger partial charge in [-0.25, -0.2) is 0 Å². The summed E-state index contributed by atoms with van der Waals surface area (Å²) in [5.74, 6) is -1.78. The van der Waals surface area contributed by atoms with E-state index in [4.69, 9.17) is 11.6 Å². The molecule has 1 aliphatic heterocycles. The number of amides is 1. The zero-order valence-corrected chi connectivity index (χ0v) is 14.0. The lowest BCUT2D eigenvalue weighted by atomic mass is 9.85. The van der Waals surface area contributed by atoms with Gasteiger partial charge in [-0.05, 0) is 24.1 Å². The molecule has 126 valence electrons. The Morgan fingerprint density at radius 2 is 2.04 bits per heavy atom. The molecule has 0 spiro atoms. The fourth-order valence-corrected chi connectivity index (χ4v) is 3.36. The van der Waals surface area contributed by atoms with Crippen LogP contribution in [0.5, 0.6) is 0 Å². The number of aliphatic carboxylic acids is 1. The second kappa shape index (κ2) is 6.65. The van der Waals surface area contributed by atoms with Gasteiger partial charge in [-0.3, -0.25) is 14.3 Å². The number of hydrogen-bond acceptors (Lipinski definition) is 3. The van der Waals surface area contributed by atoms with Gasteiger partial charge >= 0.3 is 5.97 Å². The standard InChI is InChI=1S/C17H18ClN3O3/c1-20-8-13(7-19-20)11-6-12(17(23)24)10-21(9-11)16(22)14-4-2-3-5-15(14)18/h2-5,7-8,11-12H,6,9-10H2,1H3,(H,23,24). The van der Waals surface area contributed by atoms with Gasteiger partial charge in [0.05, 0.1) is 22.7 Å². The fourth-order valence-electron chi connectivity index (χ4n) is 3.14. The topological polar surface area (TPSA) is 75.4 Å². The third kappa shape index (κ3) is 3.28. The van der Waals surface area contributed by atoms with Crippen LogP contribution in [0, 0.1) is 5.92 Å². The van der Waals surface area contributed by atoms with Gasteiger partial charge in [0.2, 0.25) is 0 Å². The molecule has 1 aromatic heterocycles. The van der Waals surface area contributed by atoms with Gasteiger partial charge in [-0.2, -0.15) is 5.10 Å². The molecule has 2 aromatic rings. The van der Waals surface area contributed by atoms with Crippen LogP contribution in [0.4, 0.5) is 0 Å². The maximum absolute atomic E-state index is 12.8. The van der Waals surface area contributed by atoms with Crippen molar-refractivity contribution in [2.24, 2.45) is 13.0 Å². The summed E-state index contributed by atoms with van der Waals surface area (Å²) in [6, 6.07) is 6.82. The monoisotopic (exact) mass is 347 g/mol. The van der Waals surface area contributed by atoms with Gasteiger partial charge in [-0.15, -0.1) is 0 Å². The summed E-state index contributed by atoms with van der Waals surface area (Å²) >= 11 is 6.12. The average molecular weight is 348 g/mol. The summed E-state index contributed by atoms with van der Waals surface area (Å²) < 4.78 is 1.68. The lowest BCUT2D eigenvalue weighted by Gasteiger charge is -2.36. The molecule has 1 aliphatic rings. The van der Waals surface area contributed by atoms with Crippen molar-refractivity contribution in [3.63, 3.8) is 0 Å². The van der Waals surface area contributed by atoms with E-state index in [0.29, 0.717) is 23.6 Å². The molecule has 1 N–H and O–H groups in total. The maximum atomic E-state index is 12.8. The van der Waals surface area contributed by atoms with E-state index in [0.717, 1.165) is 5.56 Å². The number of carbonyl (C=O) groups is 2. The maximum Gasteiger partial charge on any atom is 0.308 e. The van der Waals surface area contributed by atoms with Crippen molar-refractivity contribution in [1.82, 2.24) is 14.7 Å². The van der Waals surface area contributed by atoms with Crippen molar-refractivity contribution in [2.75, 3.05) is 13.1 Å². The predicted molar refractivity (Wildman–Crippen MR) is 89.0 cm³/mol. The van der Waals surface area contributed by atoms with Crippen molar-refractivity contribution in [1.29, 1.82) is 0 Å². The molecule has 0 bridgehead atoms. The highest BCUT2D eigenvalue weighted by atomic mass is 35.5. The van der Waals surface area contributed by atoms with Crippen molar-refractivity contribution < 1.29 is 14.7 Å². The highest BCUT2D eigenvalue weighted by molar-refractivity contribution is 6.33. The molecule has 1 amide bonds. The molecule has 0 saturated carbocycles.